The highest BCUT2D eigenvalue weighted by atomic mass is 16.5. The van der Waals surface area contributed by atoms with Gasteiger partial charge in [-0.1, -0.05) is 5.16 Å². The maximum atomic E-state index is 8.37. The number of anilines is 1. The molecule has 1 aromatic rings. The van der Waals surface area contributed by atoms with Crippen LogP contribution in [0.4, 0.5) is 5.69 Å². The van der Waals surface area contributed by atoms with Crippen molar-refractivity contribution in [2.45, 2.75) is 19.8 Å². The lowest BCUT2D eigenvalue weighted by Crippen LogP contribution is -2.13. The summed E-state index contributed by atoms with van der Waals surface area (Å²) in [7, 11) is 1.66. The highest BCUT2D eigenvalue weighted by molar-refractivity contribution is 5.79. The van der Waals surface area contributed by atoms with Crippen LogP contribution in [0.3, 0.4) is 0 Å². The first-order chi connectivity index (χ1) is 8.17. The molecule has 1 rings (SSSR count). The molecule has 0 aliphatic rings. The molecule has 0 aromatic heterocycles. The lowest BCUT2D eigenvalue weighted by molar-refractivity contribution is 0.316. The predicted molar refractivity (Wildman–Crippen MR) is 68.9 cm³/mol. The molecular weight excluding hydrogens is 218 g/mol. The van der Waals surface area contributed by atoms with Gasteiger partial charge in [-0.05, 0) is 37.1 Å². The molecule has 0 unspecified atom stereocenters. The van der Waals surface area contributed by atoms with E-state index >= 15 is 0 Å². The molecule has 0 aliphatic carbocycles. The summed E-state index contributed by atoms with van der Waals surface area (Å²) in [5, 5.41) is 14.6. The lowest BCUT2D eigenvalue weighted by atomic mass is 10.2. The molecular formula is C12H19N3O2. The van der Waals surface area contributed by atoms with Crippen LogP contribution in [-0.4, -0.2) is 24.7 Å². The topological polar surface area (TPSA) is 79.9 Å². The van der Waals surface area contributed by atoms with Crippen molar-refractivity contribution >= 4 is 11.5 Å². The number of oxime groups is 1. The second-order valence-electron chi connectivity index (χ2n) is 3.81. The third kappa shape index (κ3) is 4.22. The Balaban J connectivity index is 2.40. The van der Waals surface area contributed by atoms with Crippen LogP contribution in [0, 0.1) is 6.92 Å². The van der Waals surface area contributed by atoms with Crippen LogP contribution in [-0.2, 0) is 0 Å². The molecule has 0 amide bonds. The van der Waals surface area contributed by atoms with Crippen LogP contribution in [0.5, 0.6) is 5.75 Å². The summed E-state index contributed by atoms with van der Waals surface area (Å²) in [6, 6.07) is 5.93. The lowest BCUT2D eigenvalue weighted by Gasteiger charge is -2.09. The molecule has 4 N–H and O–H groups in total. The maximum Gasteiger partial charge on any atom is 0.139 e. The summed E-state index contributed by atoms with van der Waals surface area (Å²) < 4.78 is 5.18. The van der Waals surface area contributed by atoms with Gasteiger partial charge in [-0.15, -0.1) is 0 Å². The zero-order chi connectivity index (χ0) is 12.7. The van der Waals surface area contributed by atoms with Crippen LogP contribution in [0.25, 0.3) is 0 Å². The first-order valence-corrected chi connectivity index (χ1v) is 5.52. The van der Waals surface area contributed by atoms with Gasteiger partial charge in [0.1, 0.15) is 11.6 Å². The highest BCUT2D eigenvalue weighted by Gasteiger charge is 1.99. The van der Waals surface area contributed by atoms with Gasteiger partial charge in [0.15, 0.2) is 0 Å². The third-order valence-electron chi connectivity index (χ3n) is 2.46. The highest BCUT2D eigenvalue weighted by Crippen LogP contribution is 2.21. The molecule has 0 fully saturated rings. The number of ether oxygens (including phenoxy) is 1. The number of amidine groups is 1. The Morgan fingerprint density at radius 1 is 1.53 bits per heavy atom. The van der Waals surface area contributed by atoms with E-state index in [0.29, 0.717) is 6.42 Å². The summed E-state index contributed by atoms with van der Waals surface area (Å²) in [6.45, 7) is 2.78. The molecule has 0 saturated carbocycles. The number of rotatable bonds is 6. The molecule has 17 heavy (non-hydrogen) atoms. The number of benzene rings is 1. The average Bonchev–Trinajstić information content (AvgIpc) is 2.34. The van der Waals surface area contributed by atoms with Gasteiger partial charge in [0.05, 0.1) is 7.11 Å². The average molecular weight is 237 g/mol. The fourth-order valence-electron chi connectivity index (χ4n) is 1.54. The van der Waals surface area contributed by atoms with Gasteiger partial charge in [-0.3, -0.25) is 0 Å². The van der Waals surface area contributed by atoms with Crippen LogP contribution in [0.15, 0.2) is 23.4 Å². The Hall–Kier alpha value is -1.91. The second kappa shape index (κ2) is 6.62. The number of nitrogens with two attached hydrogens (primary N) is 1. The molecule has 94 valence electrons. The fraction of sp³-hybridized carbons (Fsp3) is 0.417. The summed E-state index contributed by atoms with van der Waals surface area (Å²) in [5.74, 6) is 1.14. The minimum absolute atomic E-state index is 0.262. The standard InChI is InChI=1S/C12H19N3O2/c1-9-8-10(5-6-11(9)17-2)14-7-3-4-12(13)15-16/h5-6,8,14,16H,3-4,7H2,1-2H3,(H2,13,15). The van der Waals surface area contributed by atoms with Gasteiger partial charge in [0.25, 0.3) is 0 Å². The number of aryl methyl sites for hydroxylation is 1. The van der Waals surface area contributed by atoms with Gasteiger partial charge in [-0.25, -0.2) is 0 Å². The monoisotopic (exact) mass is 237 g/mol. The number of methoxy groups -OCH3 is 1. The fourth-order valence-corrected chi connectivity index (χ4v) is 1.54. The van der Waals surface area contributed by atoms with E-state index in [9.17, 15) is 0 Å². The van der Waals surface area contributed by atoms with Crippen molar-refractivity contribution in [3.05, 3.63) is 23.8 Å². The van der Waals surface area contributed by atoms with Gasteiger partial charge in [0, 0.05) is 18.7 Å². The predicted octanol–water partition coefficient (Wildman–Crippen LogP) is 1.94. The van der Waals surface area contributed by atoms with E-state index in [0.717, 1.165) is 30.0 Å². The van der Waals surface area contributed by atoms with E-state index in [1.54, 1.807) is 7.11 Å². The quantitative estimate of drug-likeness (QED) is 0.232. The third-order valence-corrected chi connectivity index (χ3v) is 2.46. The molecule has 5 heteroatoms. The largest absolute Gasteiger partial charge is 0.496 e. The van der Waals surface area contributed by atoms with Crippen molar-refractivity contribution in [3.63, 3.8) is 0 Å². The minimum Gasteiger partial charge on any atom is -0.496 e. The Bertz CT molecular complexity index is 391. The molecule has 5 nitrogen and oxygen atoms in total. The van der Waals surface area contributed by atoms with E-state index in [2.05, 4.69) is 10.5 Å². The Morgan fingerprint density at radius 3 is 2.88 bits per heavy atom. The molecule has 1 aromatic carbocycles. The molecule has 0 atom stereocenters. The molecule has 0 heterocycles. The number of hydrogen-bond acceptors (Lipinski definition) is 4. The van der Waals surface area contributed by atoms with E-state index in [4.69, 9.17) is 15.7 Å². The number of nitrogens with one attached hydrogen (secondary N) is 1. The van der Waals surface area contributed by atoms with Crippen molar-refractivity contribution < 1.29 is 9.94 Å². The van der Waals surface area contributed by atoms with Crippen molar-refractivity contribution in [3.8, 4) is 5.75 Å². The normalized spacial score (nSPS) is 11.3. The Morgan fingerprint density at radius 2 is 2.29 bits per heavy atom. The van der Waals surface area contributed by atoms with Crippen molar-refractivity contribution in [1.82, 2.24) is 0 Å². The zero-order valence-electron chi connectivity index (χ0n) is 10.2. The van der Waals surface area contributed by atoms with E-state index in [1.807, 2.05) is 25.1 Å². The van der Waals surface area contributed by atoms with Gasteiger partial charge >= 0.3 is 0 Å². The van der Waals surface area contributed by atoms with Crippen molar-refractivity contribution in [1.29, 1.82) is 0 Å². The van der Waals surface area contributed by atoms with Crippen LogP contribution >= 0.6 is 0 Å². The van der Waals surface area contributed by atoms with Gasteiger partial charge in [-0.2, -0.15) is 0 Å². The molecule has 0 bridgehead atoms. The van der Waals surface area contributed by atoms with Crippen LogP contribution < -0.4 is 15.8 Å². The van der Waals surface area contributed by atoms with E-state index in [1.165, 1.54) is 0 Å². The van der Waals surface area contributed by atoms with E-state index in [-0.39, 0.29) is 5.84 Å². The second-order valence-corrected chi connectivity index (χ2v) is 3.81. The summed E-state index contributed by atoms with van der Waals surface area (Å²) in [6.07, 6.45) is 1.40. The Labute approximate surface area is 101 Å². The van der Waals surface area contributed by atoms with Crippen molar-refractivity contribution in [2.24, 2.45) is 10.9 Å². The summed E-state index contributed by atoms with van der Waals surface area (Å²) in [4.78, 5) is 0. The molecule has 0 spiro atoms. The van der Waals surface area contributed by atoms with E-state index < -0.39 is 0 Å². The smallest absolute Gasteiger partial charge is 0.139 e. The SMILES string of the molecule is COc1ccc(NCCCC(N)=NO)cc1C. The first kappa shape index (κ1) is 13.2. The Kier molecular flexibility index (Phi) is 5.13. The summed E-state index contributed by atoms with van der Waals surface area (Å²) >= 11 is 0. The maximum absolute atomic E-state index is 8.37. The molecule has 0 aliphatic heterocycles. The zero-order valence-corrected chi connectivity index (χ0v) is 10.2. The molecule has 0 saturated heterocycles. The van der Waals surface area contributed by atoms with Crippen molar-refractivity contribution in [2.75, 3.05) is 19.0 Å². The summed E-state index contributed by atoms with van der Waals surface area (Å²) in [5.41, 5.74) is 7.51. The van der Waals surface area contributed by atoms with Crippen LogP contribution in [0.2, 0.25) is 0 Å². The van der Waals surface area contributed by atoms with Gasteiger partial charge in [0.2, 0.25) is 0 Å². The minimum atomic E-state index is 0.262. The van der Waals surface area contributed by atoms with Gasteiger partial charge < -0.3 is 21.0 Å². The van der Waals surface area contributed by atoms with Crippen LogP contribution in [0.1, 0.15) is 18.4 Å². The number of hydrogen-bond donors (Lipinski definition) is 3. The molecule has 0 radical (unpaired) electrons. The first-order valence-electron chi connectivity index (χ1n) is 5.52. The number of nitrogens with zero attached hydrogens (tertiary/aromatic N) is 1.